The fourth-order valence-corrected chi connectivity index (χ4v) is 1.13. The zero-order valence-electron chi connectivity index (χ0n) is 7.62. The molecule has 0 bridgehead atoms. The van der Waals surface area contributed by atoms with Crippen molar-refractivity contribution in [3.63, 3.8) is 0 Å². The fourth-order valence-electron chi connectivity index (χ4n) is 1.13. The van der Waals surface area contributed by atoms with E-state index in [9.17, 15) is 0 Å². The van der Waals surface area contributed by atoms with E-state index in [0.717, 1.165) is 17.8 Å². The molecule has 1 aromatic heterocycles. The first kappa shape index (κ1) is 8.91. The largest absolute Gasteiger partial charge is 0.241 e. The zero-order valence-corrected chi connectivity index (χ0v) is 7.62. The molecule has 1 atom stereocenters. The molecule has 0 N–H and O–H groups in total. The highest BCUT2D eigenvalue weighted by atomic mass is 14.8. The zero-order chi connectivity index (χ0) is 8.97. The van der Waals surface area contributed by atoms with Crippen LogP contribution in [0.25, 0.3) is 0 Å². The van der Waals surface area contributed by atoms with Gasteiger partial charge >= 0.3 is 0 Å². The lowest BCUT2D eigenvalue weighted by Gasteiger charge is -2.08. The highest BCUT2D eigenvalue weighted by Crippen LogP contribution is 2.18. The fraction of sp³-hybridized carbons (Fsp3) is 0.400. The monoisotopic (exact) mass is 162 g/mol. The summed E-state index contributed by atoms with van der Waals surface area (Å²) in [5.74, 6) is 1.21. The molecule has 12 heavy (non-hydrogen) atoms. The Labute approximate surface area is 73.4 Å². The number of hydrogen-bond donors (Lipinski definition) is 0. The van der Waals surface area contributed by atoms with Crippen molar-refractivity contribution in [2.75, 3.05) is 0 Å². The predicted molar refractivity (Wildman–Crippen MR) is 50.0 cm³/mol. The first-order valence-electron chi connectivity index (χ1n) is 4.19. The topological polar surface area (TPSA) is 25.8 Å². The summed E-state index contributed by atoms with van der Waals surface area (Å²) in [6.45, 7) is 7.79. The van der Waals surface area contributed by atoms with Gasteiger partial charge in [-0.1, -0.05) is 13.0 Å². The third-order valence-electron chi connectivity index (χ3n) is 1.95. The molecule has 64 valence electrons. The third kappa shape index (κ3) is 1.91. The van der Waals surface area contributed by atoms with Gasteiger partial charge in [0.25, 0.3) is 0 Å². The van der Waals surface area contributed by atoms with Crippen molar-refractivity contribution in [2.45, 2.75) is 26.2 Å². The molecule has 2 nitrogen and oxygen atoms in total. The van der Waals surface area contributed by atoms with Crippen LogP contribution >= 0.6 is 0 Å². The third-order valence-corrected chi connectivity index (χ3v) is 1.95. The van der Waals surface area contributed by atoms with Crippen LogP contribution in [0.2, 0.25) is 0 Å². The molecule has 1 unspecified atom stereocenters. The maximum absolute atomic E-state index is 4.14. The minimum atomic E-state index is 0.394. The lowest BCUT2D eigenvalue weighted by Crippen LogP contribution is -1.96. The van der Waals surface area contributed by atoms with Gasteiger partial charge in [-0.15, -0.1) is 6.58 Å². The first-order chi connectivity index (χ1) is 5.77. The quantitative estimate of drug-likeness (QED) is 0.638. The summed E-state index contributed by atoms with van der Waals surface area (Å²) in [6, 6.07) is 0. The van der Waals surface area contributed by atoms with Gasteiger partial charge in [-0.05, 0) is 18.9 Å². The second-order valence-electron chi connectivity index (χ2n) is 2.81. The molecule has 0 saturated heterocycles. The highest BCUT2D eigenvalue weighted by molar-refractivity contribution is 5.16. The van der Waals surface area contributed by atoms with Crippen molar-refractivity contribution >= 4 is 0 Å². The number of aromatic nitrogens is 2. The molecule has 0 aliphatic heterocycles. The van der Waals surface area contributed by atoms with E-state index in [1.807, 2.05) is 25.4 Å². The minimum Gasteiger partial charge on any atom is -0.241 e. The normalized spacial score (nSPS) is 12.5. The molecule has 0 aliphatic carbocycles. The summed E-state index contributed by atoms with van der Waals surface area (Å²) in [6.07, 6.45) is 6.74. The molecule has 0 aromatic carbocycles. The Kier molecular flexibility index (Phi) is 2.97. The number of hydrogen-bond acceptors (Lipinski definition) is 2. The Balaban J connectivity index is 2.87. The molecular weight excluding hydrogens is 148 g/mol. The van der Waals surface area contributed by atoms with E-state index in [2.05, 4.69) is 23.5 Å². The number of aryl methyl sites for hydroxylation is 1. The number of rotatable bonds is 3. The van der Waals surface area contributed by atoms with Gasteiger partial charge in [0.1, 0.15) is 5.82 Å². The smallest absolute Gasteiger partial charge is 0.125 e. The maximum Gasteiger partial charge on any atom is 0.125 e. The maximum atomic E-state index is 4.14. The van der Waals surface area contributed by atoms with Gasteiger partial charge in [0, 0.05) is 18.3 Å². The number of nitrogens with zero attached hydrogens (tertiary/aromatic N) is 2. The van der Waals surface area contributed by atoms with Gasteiger partial charge in [0.05, 0.1) is 0 Å². The van der Waals surface area contributed by atoms with Crippen LogP contribution in [0.4, 0.5) is 0 Å². The van der Waals surface area contributed by atoms with Gasteiger partial charge in [-0.25, -0.2) is 9.97 Å². The average molecular weight is 162 g/mol. The van der Waals surface area contributed by atoms with Crippen LogP contribution in [-0.4, -0.2) is 9.97 Å². The number of allylic oxidation sites excluding steroid dienone is 1. The van der Waals surface area contributed by atoms with E-state index in [-0.39, 0.29) is 0 Å². The van der Waals surface area contributed by atoms with Crippen molar-refractivity contribution < 1.29 is 0 Å². The molecule has 0 fully saturated rings. The molecule has 0 spiro atoms. The van der Waals surface area contributed by atoms with Crippen LogP contribution in [0.1, 0.15) is 30.7 Å². The van der Waals surface area contributed by atoms with Crippen LogP contribution in [0, 0.1) is 6.92 Å². The van der Waals surface area contributed by atoms with Crippen LogP contribution < -0.4 is 0 Å². The van der Waals surface area contributed by atoms with Crippen LogP contribution in [0.3, 0.4) is 0 Å². The van der Waals surface area contributed by atoms with Crippen molar-refractivity contribution in [1.29, 1.82) is 0 Å². The Hall–Kier alpha value is -1.18. The van der Waals surface area contributed by atoms with E-state index in [0.29, 0.717) is 5.92 Å². The Morgan fingerprint density at radius 2 is 2.08 bits per heavy atom. The molecule has 0 saturated carbocycles. The van der Waals surface area contributed by atoms with Gasteiger partial charge in [-0.2, -0.15) is 0 Å². The Morgan fingerprint density at radius 3 is 2.50 bits per heavy atom. The molecular formula is C10H14N2. The van der Waals surface area contributed by atoms with Crippen LogP contribution in [-0.2, 0) is 0 Å². The van der Waals surface area contributed by atoms with Gasteiger partial charge in [0.2, 0.25) is 0 Å². The second kappa shape index (κ2) is 4.00. The summed E-state index contributed by atoms with van der Waals surface area (Å²) >= 11 is 0. The lowest BCUT2D eigenvalue weighted by atomic mass is 10.00. The molecule has 1 heterocycles. The predicted octanol–water partition coefficient (Wildman–Crippen LogP) is 2.46. The standard InChI is InChI=1S/C10H14N2/c1-4-9(5-2)10-6-11-8(3)12-7-10/h4,6-7,9H,1,5H2,2-3H3. The average Bonchev–Trinajstić information content (AvgIpc) is 2.10. The highest BCUT2D eigenvalue weighted by Gasteiger charge is 2.04. The Bertz CT molecular complexity index is 251. The lowest BCUT2D eigenvalue weighted by molar-refractivity contribution is 0.790. The van der Waals surface area contributed by atoms with E-state index >= 15 is 0 Å². The van der Waals surface area contributed by atoms with E-state index in [4.69, 9.17) is 0 Å². The summed E-state index contributed by atoms with van der Waals surface area (Å²) in [7, 11) is 0. The van der Waals surface area contributed by atoms with Gasteiger partial charge in [-0.3, -0.25) is 0 Å². The molecule has 0 amide bonds. The molecule has 1 aromatic rings. The van der Waals surface area contributed by atoms with Crippen molar-refractivity contribution in [3.05, 3.63) is 36.4 Å². The van der Waals surface area contributed by atoms with Gasteiger partial charge < -0.3 is 0 Å². The summed E-state index contributed by atoms with van der Waals surface area (Å²) in [4.78, 5) is 8.27. The molecule has 2 heteroatoms. The van der Waals surface area contributed by atoms with Crippen molar-refractivity contribution in [1.82, 2.24) is 9.97 Å². The van der Waals surface area contributed by atoms with E-state index in [1.54, 1.807) is 0 Å². The van der Waals surface area contributed by atoms with Crippen molar-refractivity contribution in [3.8, 4) is 0 Å². The van der Waals surface area contributed by atoms with E-state index < -0.39 is 0 Å². The van der Waals surface area contributed by atoms with Crippen molar-refractivity contribution in [2.24, 2.45) is 0 Å². The summed E-state index contributed by atoms with van der Waals surface area (Å²) in [5, 5.41) is 0. The minimum absolute atomic E-state index is 0.394. The SMILES string of the molecule is C=CC(CC)c1cnc(C)nc1. The summed E-state index contributed by atoms with van der Waals surface area (Å²) in [5.41, 5.74) is 1.15. The van der Waals surface area contributed by atoms with Gasteiger partial charge in [0.15, 0.2) is 0 Å². The molecule has 0 radical (unpaired) electrons. The molecule has 0 aliphatic rings. The summed E-state index contributed by atoms with van der Waals surface area (Å²) < 4.78 is 0. The van der Waals surface area contributed by atoms with Crippen LogP contribution in [0.5, 0.6) is 0 Å². The van der Waals surface area contributed by atoms with E-state index in [1.165, 1.54) is 0 Å². The first-order valence-corrected chi connectivity index (χ1v) is 4.19. The second-order valence-corrected chi connectivity index (χ2v) is 2.81. The van der Waals surface area contributed by atoms with Crippen LogP contribution in [0.15, 0.2) is 25.0 Å². The molecule has 1 rings (SSSR count). The Morgan fingerprint density at radius 1 is 1.50 bits per heavy atom.